The summed E-state index contributed by atoms with van der Waals surface area (Å²) >= 11 is 0.130. The third-order valence-corrected chi connectivity index (χ3v) is 6.70. The molecule has 2 saturated heterocycles. The van der Waals surface area contributed by atoms with Crippen LogP contribution in [0.15, 0.2) is 41.1 Å². The fourth-order valence-corrected chi connectivity index (χ4v) is 5.45. The molecule has 2 fully saturated rings. The van der Waals surface area contributed by atoms with Gasteiger partial charge in [-0.2, -0.15) is 0 Å². The van der Waals surface area contributed by atoms with E-state index in [1.54, 1.807) is 0 Å². The third-order valence-electron chi connectivity index (χ3n) is 4.45. The van der Waals surface area contributed by atoms with Crippen LogP contribution in [0.4, 0.5) is 0 Å². The topological polar surface area (TPSA) is 46.2 Å². The molecule has 6 heteroatoms. The van der Waals surface area contributed by atoms with Gasteiger partial charge in [0.25, 0.3) is 0 Å². The van der Waals surface area contributed by atoms with Gasteiger partial charge in [0.1, 0.15) is 0 Å². The molecule has 5 nitrogen and oxygen atoms in total. The van der Waals surface area contributed by atoms with Crippen LogP contribution in [0, 0.1) is 0 Å². The molecule has 136 valence electrons. The molecule has 0 saturated carbocycles. The van der Waals surface area contributed by atoms with Crippen molar-refractivity contribution >= 4 is 19.4 Å². The molecule has 3 aliphatic rings. The Hall–Kier alpha value is -0.881. The Kier molecular flexibility index (Phi) is 4.47. The van der Waals surface area contributed by atoms with Crippen LogP contribution < -0.4 is 4.46 Å². The summed E-state index contributed by atoms with van der Waals surface area (Å²) in [6.45, 7) is 8.24. The number of rotatable bonds is 3. The average molecular weight is 411 g/mol. The van der Waals surface area contributed by atoms with Crippen LogP contribution in [0.1, 0.15) is 27.7 Å². The van der Waals surface area contributed by atoms with Gasteiger partial charge in [-0.3, -0.25) is 0 Å². The molecular weight excluding hydrogens is 387 g/mol. The van der Waals surface area contributed by atoms with E-state index in [1.165, 1.54) is 4.46 Å². The van der Waals surface area contributed by atoms with E-state index in [0.717, 1.165) is 4.47 Å². The molecule has 0 N–H and O–H groups in total. The number of fused-ring (bicyclic) bond motifs is 1. The van der Waals surface area contributed by atoms with Crippen LogP contribution in [-0.2, 0) is 23.7 Å². The minimum absolute atomic E-state index is 0.110. The third kappa shape index (κ3) is 3.65. The normalized spacial score (nSPS) is 35.8. The summed E-state index contributed by atoms with van der Waals surface area (Å²) in [5.74, 6) is -1.22. The van der Waals surface area contributed by atoms with Crippen LogP contribution in [0.25, 0.3) is 0 Å². The van der Waals surface area contributed by atoms with Crippen molar-refractivity contribution in [3.05, 3.63) is 41.1 Å². The van der Waals surface area contributed by atoms with Gasteiger partial charge in [0.15, 0.2) is 0 Å². The van der Waals surface area contributed by atoms with Crippen molar-refractivity contribution in [1.29, 1.82) is 0 Å². The predicted octanol–water partition coefficient (Wildman–Crippen LogP) is 1.93. The Labute approximate surface area is 154 Å². The summed E-state index contributed by atoms with van der Waals surface area (Å²) in [5.41, 5.74) is 0. The summed E-state index contributed by atoms with van der Waals surface area (Å²) < 4.78 is 32.7. The van der Waals surface area contributed by atoms with E-state index in [9.17, 15) is 0 Å². The van der Waals surface area contributed by atoms with Crippen molar-refractivity contribution in [1.82, 2.24) is 0 Å². The van der Waals surface area contributed by atoms with Gasteiger partial charge < -0.3 is 0 Å². The molecule has 0 aromatic heterocycles. The van der Waals surface area contributed by atoms with Crippen LogP contribution in [0.2, 0.25) is 0 Å². The van der Waals surface area contributed by atoms with Crippen molar-refractivity contribution in [3.63, 3.8) is 0 Å². The van der Waals surface area contributed by atoms with E-state index < -0.39 is 11.6 Å². The Morgan fingerprint density at radius 1 is 0.920 bits per heavy atom. The molecule has 25 heavy (non-hydrogen) atoms. The zero-order chi connectivity index (χ0) is 17.7. The maximum absolute atomic E-state index is 6.23. The van der Waals surface area contributed by atoms with E-state index in [1.807, 2.05) is 40.0 Å². The van der Waals surface area contributed by atoms with Crippen molar-refractivity contribution in [2.24, 2.45) is 0 Å². The van der Waals surface area contributed by atoms with Gasteiger partial charge in [-0.05, 0) is 0 Å². The van der Waals surface area contributed by atoms with E-state index in [2.05, 4.69) is 24.3 Å². The molecule has 3 heterocycles. The molecule has 3 aliphatic heterocycles. The van der Waals surface area contributed by atoms with E-state index >= 15 is 0 Å². The molecule has 0 bridgehead atoms. The zero-order valence-electron chi connectivity index (χ0n) is 14.9. The molecule has 4 atom stereocenters. The quantitative estimate of drug-likeness (QED) is 0.712. The number of hydrogen-bond acceptors (Lipinski definition) is 5. The first-order valence-corrected chi connectivity index (χ1v) is 10.3. The number of ether oxygens (including phenoxy) is 5. The van der Waals surface area contributed by atoms with Crippen LogP contribution in [-0.4, -0.2) is 57.6 Å². The second kappa shape index (κ2) is 6.38. The van der Waals surface area contributed by atoms with Crippen LogP contribution in [0.3, 0.4) is 0 Å². The zero-order valence-corrected chi connectivity index (χ0v) is 16.6. The average Bonchev–Trinajstić information content (AvgIpc) is 3.07. The monoisotopic (exact) mass is 412 g/mol. The first-order chi connectivity index (χ1) is 11.8. The van der Waals surface area contributed by atoms with Crippen molar-refractivity contribution in [2.45, 2.75) is 63.7 Å². The first kappa shape index (κ1) is 17.5. The maximum atomic E-state index is 6.23. The molecular formula is C19H24O5Se. The molecule has 0 spiro atoms. The Morgan fingerprint density at radius 2 is 1.68 bits per heavy atom. The van der Waals surface area contributed by atoms with E-state index in [-0.39, 0.29) is 39.4 Å². The molecule has 1 aromatic rings. The van der Waals surface area contributed by atoms with Crippen molar-refractivity contribution < 1.29 is 23.7 Å². The summed E-state index contributed by atoms with van der Waals surface area (Å²) in [7, 11) is 0. The Morgan fingerprint density at radius 3 is 2.36 bits per heavy atom. The van der Waals surface area contributed by atoms with Gasteiger partial charge in [0.2, 0.25) is 0 Å². The first-order valence-electron chi connectivity index (χ1n) is 8.59. The predicted molar refractivity (Wildman–Crippen MR) is 93.5 cm³/mol. The summed E-state index contributed by atoms with van der Waals surface area (Å²) in [5, 5.41) is 0. The van der Waals surface area contributed by atoms with Gasteiger partial charge in [-0.25, -0.2) is 0 Å². The number of benzene rings is 1. The van der Waals surface area contributed by atoms with Crippen LogP contribution >= 0.6 is 0 Å². The molecule has 2 unspecified atom stereocenters. The standard InChI is InChI=1S/C19H24O5Se/c1-18(2)21-10-13(22-18)15-17-16(23-19(3,4)24-17)14(11-20-15)25-12-8-6-5-7-9-12/h5-9,11,13,15-17H,10H2,1-4H3/t13?,15?,16-,17+/m1/s1. The summed E-state index contributed by atoms with van der Waals surface area (Å²) in [6.07, 6.45) is 1.16. The molecule has 0 radical (unpaired) electrons. The molecule has 1 aromatic carbocycles. The minimum atomic E-state index is -0.637. The second-order valence-corrected chi connectivity index (χ2v) is 9.83. The van der Waals surface area contributed by atoms with Crippen LogP contribution in [0.5, 0.6) is 0 Å². The Balaban J connectivity index is 1.57. The van der Waals surface area contributed by atoms with Gasteiger partial charge in [0, 0.05) is 0 Å². The summed E-state index contributed by atoms with van der Waals surface area (Å²) in [4.78, 5) is 0. The van der Waals surface area contributed by atoms with Crippen molar-refractivity contribution in [3.8, 4) is 0 Å². The number of hydrogen-bond donors (Lipinski definition) is 0. The van der Waals surface area contributed by atoms with E-state index in [0.29, 0.717) is 6.61 Å². The van der Waals surface area contributed by atoms with Gasteiger partial charge in [-0.1, -0.05) is 0 Å². The second-order valence-electron chi connectivity index (χ2n) is 7.42. The molecule has 0 amide bonds. The van der Waals surface area contributed by atoms with Crippen molar-refractivity contribution in [2.75, 3.05) is 6.61 Å². The molecule has 0 aliphatic carbocycles. The fraction of sp³-hybridized carbons (Fsp3) is 0.579. The van der Waals surface area contributed by atoms with E-state index in [4.69, 9.17) is 23.7 Å². The van der Waals surface area contributed by atoms with Gasteiger partial charge >= 0.3 is 154 Å². The van der Waals surface area contributed by atoms with Gasteiger partial charge in [-0.15, -0.1) is 0 Å². The summed E-state index contributed by atoms with van der Waals surface area (Å²) in [6, 6.07) is 10.4. The fourth-order valence-electron chi connectivity index (χ4n) is 3.42. The SMILES string of the molecule is CC1(C)OCC(C2OC=C([Se]c3ccccc3)[C@H]3OC(C)(C)O[C@@H]23)O1. The molecule has 4 rings (SSSR count). The van der Waals surface area contributed by atoms with Gasteiger partial charge in [0.05, 0.1) is 0 Å². The Bertz CT molecular complexity index is 657.